The number of rotatable bonds is 17. The summed E-state index contributed by atoms with van der Waals surface area (Å²) in [6.45, 7) is 2.06. The largest absolute Gasteiger partial charge is 0.484 e. The molecule has 2 N–H and O–H groups in total. The van der Waals surface area contributed by atoms with Gasteiger partial charge in [0.2, 0.25) is 0 Å². The van der Waals surface area contributed by atoms with E-state index in [1.807, 2.05) is 36.4 Å². The van der Waals surface area contributed by atoms with Crippen LogP contribution in [0.5, 0.6) is 5.75 Å². The molecule has 0 radical (unpaired) electrons. The van der Waals surface area contributed by atoms with Crippen LogP contribution < -0.4 is 20.4 Å². The first-order chi connectivity index (χ1) is 21.5. The van der Waals surface area contributed by atoms with Gasteiger partial charge in [0, 0.05) is 0 Å². The van der Waals surface area contributed by atoms with E-state index >= 15 is 0 Å². The van der Waals surface area contributed by atoms with Crippen molar-refractivity contribution in [2.45, 2.75) is 84.0 Å². The van der Waals surface area contributed by atoms with Gasteiger partial charge in [-0.25, -0.2) is 0 Å². The number of nitrogens with zero attached hydrogens (tertiary/aromatic N) is 2. The van der Waals surface area contributed by atoms with Gasteiger partial charge in [0.05, 0.1) is 23.4 Å². The lowest BCUT2D eigenvalue weighted by Crippen LogP contribution is -2.31. The Kier molecular flexibility index (Phi) is 13.0. The topological polar surface area (TPSA) is 100 Å². The van der Waals surface area contributed by atoms with E-state index < -0.39 is 5.91 Å². The number of hydrogen-bond donors (Lipinski definition) is 2. The van der Waals surface area contributed by atoms with Crippen LogP contribution in [0.4, 0.5) is 11.4 Å². The minimum atomic E-state index is -0.469. The molecule has 0 spiro atoms. The van der Waals surface area contributed by atoms with E-state index in [1.165, 1.54) is 68.4 Å². The fourth-order valence-electron chi connectivity index (χ4n) is 5.20. The predicted molar refractivity (Wildman–Crippen MR) is 176 cm³/mol. The summed E-state index contributed by atoms with van der Waals surface area (Å²) in [6, 6.07) is 23.6. The summed E-state index contributed by atoms with van der Waals surface area (Å²) in [5, 5.41) is 11.0. The van der Waals surface area contributed by atoms with E-state index in [9.17, 15) is 14.4 Å². The Labute approximate surface area is 260 Å². The van der Waals surface area contributed by atoms with Crippen LogP contribution >= 0.6 is 0 Å². The fraction of sp³-hybridized carbons (Fsp3) is 0.389. The van der Waals surface area contributed by atoms with Crippen molar-refractivity contribution in [2.75, 3.05) is 16.9 Å². The van der Waals surface area contributed by atoms with Crippen molar-refractivity contribution in [1.82, 2.24) is 5.32 Å². The Morgan fingerprint density at radius 3 is 2.23 bits per heavy atom. The standard InChI is InChI=1S/C36H44N4O4/c1-2-3-4-5-6-7-8-9-10-12-18-28-19-17-22-30(25-28)44-27-34(41)37-32-24-16-15-23-31(32)36(43)38-33-26-35(42)40(39-33)29-20-13-11-14-21-29/h11,13-17,19-25H,2-10,12,18,26-27H2,1H3,(H,37,41)(H,38,39,43). The normalized spacial score (nSPS) is 12.6. The maximum absolute atomic E-state index is 13.1. The summed E-state index contributed by atoms with van der Waals surface area (Å²) in [5.74, 6) is -0.205. The second-order valence-corrected chi connectivity index (χ2v) is 11.2. The number of anilines is 2. The second kappa shape index (κ2) is 17.6. The highest BCUT2D eigenvalue weighted by Gasteiger charge is 2.27. The number of carbonyl (C=O) groups excluding carboxylic acids is 3. The summed E-state index contributed by atoms with van der Waals surface area (Å²) in [5.41, 5.74) is 2.42. The van der Waals surface area contributed by atoms with Gasteiger partial charge in [0.25, 0.3) is 17.7 Å². The van der Waals surface area contributed by atoms with E-state index in [-0.39, 0.29) is 36.2 Å². The van der Waals surface area contributed by atoms with Crippen molar-refractivity contribution in [3.63, 3.8) is 0 Å². The first-order valence-corrected chi connectivity index (χ1v) is 15.9. The maximum Gasteiger partial charge on any atom is 0.262 e. The average molecular weight is 597 g/mol. The summed E-state index contributed by atoms with van der Waals surface area (Å²) in [7, 11) is 0. The molecule has 0 fully saturated rings. The highest BCUT2D eigenvalue weighted by atomic mass is 16.5. The van der Waals surface area contributed by atoms with Crippen LogP contribution in [0.2, 0.25) is 0 Å². The van der Waals surface area contributed by atoms with E-state index in [0.29, 0.717) is 17.1 Å². The highest BCUT2D eigenvalue weighted by molar-refractivity contribution is 6.19. The maximum atomic E-state index is 13.1. The molecule has 8 nitrogen and oxygen atoms in total. The molecule has 0 aliphatic carbocycles. The summed E-state index contributed by atoms with van der Waals surface area (Å²) >= 11 is 0. The van der Waals surface area contributed by atoms with Crippen molar-refractivity contribution in [1.29, 1.82) is 0 Å². The monoisotopic (exact) mass is 596 g/mol. The third-order valence-corrected chi connectivity index (χ3v) is 7.57. The number of ether oxygens (including phenoxy) is 1. The Balaban J connectivity index is 1.21. The van der Waals surface area contributed by atoms with E-state index in [2.05, 4.69) is 28.7 Å². The molecule has 0 unspecified atom stereocenters. The zero-order chi connectivity index (χ0) is 31.0. The van der Waals surface area contributed by atoms with Crippen molar-refractivity contribution >= 4 is 34.9 Å². The first-order valence-electron chi connectivity index (χ1n) is 15.9. The van der Waals surface area contributed by atoms with Crippen LogP contribution in [0.15, 0.2) is 84.0 Å². The smallest absolute Gasteiger partial charge is 0.262 e. The molecule has 0 atom stereocenters. The van der Waals surface area contributed by atoms with Gasteiger partial charge in [-0.15, -0.1) is 0 Å². The Hall–Kier alpha value is -4.46. The Morgan fingerprint density at radius 1 is 0.795 bits per heavy atom. The molecule has 1 heterocycles. The number of benzene rings is 3. The van der Waals surface area contributed by atoms with Gasteiger partial charge in [-0.3, -0.25) is 14.4 Å². The molecule has 0 bridgehead atoms. The molecule has 8 heteroatoms. The number of para-hydroxylation sites is 2. The number of unbranched alkanes of at least 4 members (excludes halogenated alkanes) is 9. The quantitative estimate of drug-likeness (QED) is 0.156. The number of amidine groups is 1. The van der Waals surface area contributed by atoms with Crippen LogP contribution in [0.25, 0.3) is 0 Å². The van der Waals surface area contributed by atoms with Gasteiger partial charge in [0.1, 0.15) is 11.6 Å². The molecule has 44 heavy (non-hydrogen) atoms. The molecule has 4 rings (SSSR count). The summed E-state index contributed by atoms with van der Waals surface area (Å²) in [6.07, 6.45) is 14.0. The van der Waals surface area contributed by atoms with Crippen LogP contribution in [0.1, 0.15) is 93.5 Å². The number of hydrogen-bond acceptors (Lipinski definition) is 5. The lowest BCUT2D eigenvalue weighted by molar-refractivity contribution is -0.118. The molecule has 232 valence electrons. The molecule has 1 aliphatic heterocycles. The number of hydrazone groups is 1. The predicted octanol–water partition coefficient (Wildman–Crippen LogP) is 7.65. The van der Waals surface area contributed by atoms with E-state index in [4.69, 9.17) is 4.74 Å². The van der Waals surface area contributed by atoms with E-state index in [0.717, 1.165) is 12.8 Å². The second-order valence-electron chi connectivity index (χ2n) is 11.2. The van der Waals surface area contributed by atoms with Crippen LogP contribution in [-0.2, 0) is 16.0 Å². The fourth-order valence-corrected chi connectivity index (χ4v) is 5.20. The van der Waals surface area contributed by atoms with Gasteiger partial charge >= 0.3 is 0 Å². The summed E-state index contributed by atoms with van der Waals surface area (Å²) in [4.78, 5) is 38.3. The van der Waals surface area contributed by atoms with Crippen LogP contribution in [0, 0.1) is 0 Å². The molecule has 0 saturated heterocycles. The molecule has 1 aliphatic rings. The molecule has 3 amide bonds. The van der Waals surface area contributed by atoms with Gasteiger partial charge in [-0.05, 0) is 54.8 Å². The molecule has 3 aromatic carbocycles. The highest BCUT2D eigenvalue weighted by Crippen LogP contribution is 2.21. The van der Waals surface area contributed by atoms with Crippen LogP contribution in [0.3, 0.4) is 0 Å². The Morgan fingerprint density at radius 2 is 1.48 bits per heavy atom. The average Bonchev–Trinajstić information content (AvgIpc) is 3.41. The first kappa shape index (κ1) is 32.5. The molecular weight excluding hydrogens is 552 g/mol. The zero-order valence-electron chi connectivity index (χ0n) is 25.7. The number of amides is 3. The number of aryl methyl sites for hydroxylation is 1. The minimum Gasteiger partial charge on any atom is -0.484 e. The Bertz CT molecular complexity index is 1410. The molecule has 0 saturated carbocycles. The van der Waals surface area contributed by atoms with Crippen molar-refractivity contribution in [3.8, 4) is 5.75 Å². The third kappa shape index (κ3) is 10.4. The lowest BCUT2D eigenvalue weighted by Gasteiger charge is -2.12. The minimum absolute atomic E-state index is 0.0265. The van der Waals surface area contributed by atoms with Gasteiger partial charge in [-0.1, -0.05) is 107 Å². The molecular formula is C36H44N4O4. The van der Waals surface area contributed by atoms with E-state index in [1.54, 1.807) is 36.4 Å². The third-order valence-electron chi connectivity index (χ3n) is 7.57. The molecule has 3 aromatic rings. The van der Waals surface area contributed by atoms with Crippen molar-refractivity contribution in [2.24, 2.45) is 5.10 Å². The molecule has 0 aromatic heterocycles. The van der Waals surface area contributed by atoms with Crippen molar-refractivity contribution < 1.29 is 19.1 Å². The van der Waals surface area contributed by atoms with Gasteiger partial charge < -0.3 is 15.4 Å². The van der Waals surface area contributed by atoms with Gasteiger partial charge in [-0.2, -0.15) is 10.1 Å². The van der Waals surface area contributed by atoms with Crippen molar-refractivity contribution in [3.05, 3.63) is 90.0 Å². The van der Waals surface area contributed by atoms with Gasteiger partial charge in [0.15, 0.2) is 6.61 Å². The SMILES string of the molecule is CCCCCCCCCCCCc1cccc(OCC(=O)Nc2ccccc2C(=O)NC2=NN(c3ccccc3)C(=O)C2)c1. The number of nitrogens with one attached hydrogen (secondary N) is 2. The van der Waals surface area contributed by atoms with Crippen LogP contribution in [-0.4, -0.2) is 30.2 Å². The number of carbonyl (C=O) groups is 3. The zero-order valence-corrected chi connectivity index (χ0v) is 25.7. The summed E-state index contributed by atoms with van der Waals surface area (Å²) < 4.78 is 5.78. The lowest BCUT2D eigenvalue weighted by atomic mass is 10.0.